The number of nitrogens with two attached hydrogens (primary N) is 1. The van der Waals surface area contributed by atoms with Crippen molar-refractivity contribution in [2.24, 2.45) is 5.73 Å². The van der Waals surface area contributed by atoms with E-state index in [1.54, 1.807) is 0 Å². The van der Waals surface area contributed by atoms with E-state index in [1.165, 1.54) is 55.2 Å². The monoisotopic (exact) mass is 447 g/mol. The minimum Gasteiger partial charge on any atom is -0.489 e. The van der Waals surface area contributed by atoms with Crippen LogP contribution in [0, 0.1) is 0 Å². The third-order valence-corrected chi connectivity index (χ3v) is 7.56. The molecular weight excluding hydrogens is 402 g/mol. The molecule has 2 aromatic carbocycles. The Morgan fingerprint density at radius 3 is 2.64 bits per heavy atom. The van der Waals surface area contributed by atoms with Crippen LogP contribution >= 0.6 is 0 Å². The van der Waals surface area contributed by atoms with E-state index in [1.807, 2.05) is 6.08 Å². The lowest BCUT2D eigenvalue weighted by molar-refractivity contribution is 0.257. The van der Waals surface area contributed by atoms with Crippen LogP contribution in [0.15, 0.2) is 61.2 Å². The van der Waals surface area contributed by atoms with Crippen LogP contribution < -0.4 is 10.5 Å². The first kappa shape index (κ1) is 25.6. The van der Waals surface area contributed by atoms with Crippen molar-refractivity contribution in [2.75, 3.05) is 0 Å². The van der Waals surface area contributed by atoms with Crippen LogP contribution in [0.3, 0.4) is 0 Å². The molecule has 0 radical (unpaired) electrons. The molecular formula is C31H45NO. The summed E-state index contributed by atoms with van der Waals surface area (Å²) in [4.78, 5) is 0. The van der Waals surface area contributed by atoms with Crippen molar-refractivity contribution in [3.8, 4) is 5.75 Å². The first-order chi connectivity index (χ1) is 15.9. The third kappa shape index (κ3) is 7.21. The van der Waals surface area contributed by atoms with Gasteiger partial charge in [0, 0.05) is 5.54 Å². The molecule has 0 heterocycles. The highest BCUT2D eigenvalue weighted by Gasteiger charge is 2.34. The summed E-state index contributed by atoms with van der Waals surface area (Å²) in [6, 6.07) is 17.5. The molecule has 1 fully saturated rings. The first-order valence-electron chi connectivity index (χ1n) is 13.1. The van der Waals surface area contributed by atoms with E-state index in [0.29, 0.717) is 12.5 Å². The minimum absolute atomic E-state index is 0.140. The second-order valence-corrected chi connectivity index (χ2v) is 10.9. The van der Waals surface area contributed by atoms with Crippen molar-refractivity contribution in [3.63, 3.8) is 0 Å². The second kappa shape index (κ2) is 11.9. The van der Waals surface area contributed by atoms with Crippen LogP contribution in [0.25, 0.3) is 0 Å². The summed E-state index contributed by atoms with van der Waals surface area (Å²) in [5, 5.41) is 0. The Balaban J connectivity index is 1.85. The van der Waals surface area contributed by atoms with E-state index in [0.717, 1.165) is 31.4 Å². The van der Waals surface area contributed by atoms with Crippen LogP contribution in [0.4, 0.5) is 0 Å². The molecule has 2 atom stereocenters. The highest BCUT2D eigenvalue weighted by Crippen LogP contribution is 2.44. The fourth-order valence-corrected chi connectivity index (χ4v) is 5.42. The Kier molecular flexibility index (Phi) is 9.20. The van der Waals surface area contributed by atoms with Gasteiger partial charge in [-0.3, -0.25) is 0 Å². The fourth-order valence-electron chi connectivity index (χ4n) is 5.42. The van der Waals surface area contributed by atoms with Crippen LogP contribution in [-0.4, -0.2) is 5.54 Å². The molecule has 0 aliphatic heterocycles. The van der Waals surface area contributed by atoms with Crippen LogP contribution in [0.2, 0.25) is 0 Å². The molecule has 0 unspecified atom stereocenters. The molecule has 33 heavy (non-hydrogen) atoms. The molecule has 3 rings (SSSR count). The third-order valence-electron chi connectivity index (χ3n) is 7.56. The highest BCUT2D eigenvalue weighted by molar-refractivity contribution is 5.43. The number of hydrogen-bond donors (Lipinski definition) is 1. The van der Waals surface area contributed by atoms with Gasteiger partial charge in [0.2, 0.25) is 0 Å². The molecule has 2 heteroatoms. The normalized spacial score (nSPS) is 21.0. The lowest BCUT2D eigenvalue weighted by atomic mass is 9.71. The number of ether oxygens (including phenoxy) is 1. The lowest BCUT2D eigenvalue weighted by Gasteiger charge is -2.38. The number of hydrogen-bond acceptors (Lipinski definition) is 2. The van der Waals surface area contributed by atoms with Gasteiger partial charge in [-0.2, -0.15) is 0 Å². The molecule has 2 aromatic rings. The summed E-state index contributed by atoms with van der Waals surface area (Å²) < 4.78 is 6.52. The Bertz CT molecular complexity index is 872. The van der Waals surface area contributed by atoms with Crippen molar-refractivity contribution in [3.05, 3.63) is 77.9 Å². The van der Waals surface area contributed by atoms with Gasteiger partial charge in [0.15, 0.2) is 0 Å². The molecule has 0 saturated heterocycles. The van der Waals surface area contributed by atoms with Gasteiger partial charge < -0.3 is 10.5 Å². The zero-order valence-electron chi connectivity index (χ0n) is 21.2. The quantitative estimate of drug-likeness (QED) is 0.262. The predicted octanol–water partition coefficient (Wildman–Crippen LogP) is 8.44. The van der Waals surface area contributed by atoms with E-state index in [2.05, 4.69) is 75.9 Å². The maximum absolute atomic E-state index is 6.78. The van der Waals surface area contributed by atoms with Gasteiger partial charge in [0.1, 0.15) is 12.4 Å². The summed E-state index contributed by atoms with van der Waals surface area (Å²) in [5.74, 6) is 1.49. The van der Waals surface area contributed by atoms with Crippen LogP contribution in [0.1, 0.15) is 108 Å². The zero-order chi connectivity index (χ0) is 23.7. The largest absolute Gasteiger partial charge is 0.489 e. The molecule has 2 nitrogen and oxygen atoms in total. The van der Waals surface area contributed by atoms with E-state index in [9.17, 15) is 0 Å². The molecule has 0 aromatic heterocycles. The Morgan fingerprint density at radius 2 is 1.91 bits per heavy atom. The molecule has 1 saturated carbocycles. The van der Waals surface area contributed by atoms with Gasteiger partial charge in [0.05, 0.1) is 0 Å². The highest BCUT2D eigenvalue weighted by atomic mass is 16.5. The van der Waals surface area contributed by atoms with Gasteiger partial charge in [-0.25, -0.2) is 0 Å². The van der Waals surface area contributed by atoms with Crippen molar-refractivity contribution >= 4 is 0 Å². The predicted molar refractivity (Wildman–Crippen MR) is 142 cm³/mol. The smallest absolute Gasteiger partial charge is 0.123 e. The molecule has 180 valence electrons. The minimum atomic E-state index is -0.140. The maximum Gasteiger partial charge on any atom is 0.123 e. The Hall–Kier alpha value is -2.06. The maximum atomic E-state index is 6.78. The average Bonchev–Trinajstić information content (AvgIpc) is 2.81. The van der Waals surface area contributed by atoms with Gasteiger partial charge >= 0.3 is 0 Å². The molecule has 0 bridgehead atoms. The number of benzene rings is 2. The zero-order valence-corrected chi connectivity index (χ0v) is 21.2. The summed E-state index contributed by atoms with van der Waals surface area (Å²) in [6.07, 6.45) is 13.7. The van der Waals surface area contributed by atoms with E-state index < -0.39 is 0 Å². The molecule has 2 N–H and O–H groups in total. The topological polar surface area (TPSA) is 35.2 Å². The standard InChI is InChI=1S/C31H45NO/c1-5-7-8-12-20-30(3,4)27-17-18-28(26-16-13-21-31(32,23-26)19-6-2)29(22-27)33-24-25-14-10-9-11-15-25/h6,9-11,14-15,17-18,22,26H,2,5,7-8,12-13,16,19-21,23-24,32H2,1,3-4H3/t26-,31-/m1/s1. The Labute approximate surface area is 202 Å². The van der Waals surface area contributed by atoms with E-state index in [4.69, 9.17) is 10.5 Å². The molecule has 0 amide bonds. The fraction of sp³-hybridized carbons (Fsp3) is 0.548. The Morgan fingerprint density at radius 1 is 1.12 bits per heavy atom. The molecule has 1 aliphatic rings. The first-order valence-corrected chi connectivity index (χ1v) is 13.1. The van der Waals surface area contributed by atoms with Crippen LogP contribution in [0.5, 0.6) is 5.75 Å². The van der Waals surface area contributed by atoms with Gasteiger partial charge in [-0.05, 0) is 66.2 Å². The van der Waals surface area contributed by atoms with Crippen molar-refractivity contribution in [1.29, 1.82) is 0 Å². The van der Waals surface area contributed by atoms with Crippen molar-refractivity contribution < 1.29 is 4.74 Å². The van der Waals surface area contributed by atoms with E-state index in [-0.39, 0.29) is 11.0 Å². The SMILES string of the molecule is C=CC[C@@]1(N)CCC[C@@H](c2ccc(C(C)(C)CCCCCC)cc2OCc2ccccc2)C1. The van der Waals surface area contributed by atoms with Gasteiger partial charge in [-0.15, -0.1) is 6.58 Å². The summed E-state index contributed by atoms with van der Waals surface area (Å²) >= 11 is 0. The molecule has 0 spiro atoms. The summed E-state index contributed by atoms with van der Waals surface area (Å²) in [7, 11) is 0. The lowest BCUT2D eigenvalue weighted by Crippen LogP contribution is -2.43. The van der Waals surface area contributed by atoms with Gasteiger partial charge in [0.25, 0.3) is 0 Å². The summed E-state index contributed by atoms with van der Waals surface area (Å²) in [6.45, 7) is 11.6. The number of unbranched alkanes of at least 4 members (excludes halogenated alkanes) is 3. The van der Waals surface area contributed by atoms with Gasteiger partial charge in [-0.1, -0.05) is 101 Å². The summed E-state index contributed by atoms with van der Waals surface area (Å²) in [5.41, 5.74) is 10.7. The average molecular weight is 448 g/mol. The van der Waals surface area contributed by atoms with Crippen LogP contribution in [-0.2, 0) is 12.0 Å². The second-order valence-electron chi connectivity index (χ2n) is 10.9. The van der Waals surface area contributed by atoms with Crippen molar-refractivity contribution in [1.82, 2.24) is 0 Å². The van der Waals surface area contributed by atoms with E-state index >= 15 is 0 Å². The van der Waals surface area contributed by atoms with Crippen molar-refractivity contribution in [2.45, 2.75) is 108 Å². The molecule has 1 aliphatic carbocycles. The number of rotatable bonds is 12.